The molecule has 0 spiro atoms. The number of ketones is 1. The topological polar surface area (TPSA) is 46.6 Å². The molecule has 128 valence electrons. The van der Waals surface area contributed by atoms with E-state index in [1.807, 2.05) is 35.2 Å². The summed E-state index contributed by atoms with van der Waals surface area (Å²) in [5, 5.41) is 0. The van der Waals surface area contributed by atoms with Crippen molar-refractivity contribution in [3.05, 3.63) is 35.9 Å². The van der Waals surface area contributed by atoms with Crippen LogP contribution in [-0.2, 0) is 16.1 Å². The molecule has 24 heavy (non-hydrogen) atoms. The first kappa shape index (κ1) is 15.7. The zero-order valence-corrected chi connectivity index (χ0v) is 14.0. The van der Waals surface area contributed by atoms with E-state index in [9.17, 15) is 9.59 Å². The summed E-state index contributed by atoms with van der Waals surface area (Å²) >= 11 is 0. The number of fused-ring (bicyclic) bond motifs is 2. The Morgan fingerprint density at radius 2 is 1.62 bits per heavy atom. The van der Waals surface area contributed by atoms with Crippen LogP contribution < -0.4 is 0 Å². The van der Waals surface area contributed by atoms with E-state index in [0.717, 1.165) is 50.5 Å². The molecule has 2 atom stereocenters. The Bertz CT molecular complexity index is 597. The fourth-order valence-corrected chi connectivity index (χ4v) is 4.41. The maximum atomic E-state index is 12.6. The summed E-state index contributed by atoms with van der Waals surface area (Å²) in [4.78, 5) is 27.0. The second kappa shape index (κ2) is 6.58. The Balaban J connectivity index is 1.39. The SMILES string of the molecule is O=C(C1CC1)C1CC2CCCC(C1)N2C(=O)OCc1ccccc1. The number of carbonyl (C=O) groups excluding carboxylic acids is 2. The van der Waals surface area contributed by atoms with Crippen molar-refractivity contribution in [1.29, 1.82) is 0 Å². The molecule has 2 unspecified atom stereocenters. The van der Waals surface area contributed by atoms with Gasteiger partial charge in [0.2, 0.25) is 0 Å². The van der Waals surface area contributed by atoms with Gasteiger partial charge in [0.05, 0.1) is 0 Å². The van der Waals surface area contributed by atoms with Crippen molar-refractivity contribution in [3.8, 4) is 0 Å². The molecule has 3 aliphatic rings. The lowest BCUT2D eigenvalue weighted by Crippen LogP contribution is -2.55. The van der Waals surface area contributed by atoms with Crippen LogP contribution >= 0.6 is 0 Å². The van der Waals surface area contributed by atoms with Gasteiger partial charge in [0, 0.05) is 23.9 Å². The van der Waals surface area contributed by atoms with Crippen LogP contribution in [0.5, 0.6) is 0 Å². The number of carbonyl (C=O) groups is 2. The van der Waals surface area contributed by atoms with E-state index in [0.29, 0.717) is 18.3 Å². The molecule has 4 heteroatoms. The van der Waals surface area contributed by atoms with E-state index in [1.54, 1.807) is 0 Å². The molecule has 0 radical (unpaired) electrons. The van der Waals surface area contributed by atoms with Crippen LogP contribution in [0.25, 0.3) is 0 Å². The molecule has 4 rings (SSSR count). The molecule has 1 aromatic rings. The molecule has 2 heterocycles. The van der Waals surface area contributed by atoms with Gasteiger partial charge in [-0.1, -0.05) is 30.3 Å². The Hall–Kier alpha value is -1.84. The van der Waals surface area contributed by atoms with Crippen LogP contribution in [0, 0.1) is 11.8 Å². The number of nitrogens with zero attached hydrogens (tertiary/aromatic N) is 1. The number of piperidine rings is 2. The van der Waals surface area contributed by atoms with Crippen LogP contribution in [0.15, 0.2) is 30.3 Å². The summed E-state index contributed by atoms with van der Waals surface area (Å²) in [5.74, 6) is 0.961. The van der Waals surface area contributed by atoms with Gasteiger partial charge in [-0.05, 0) is 50.5 Å². The van der Waals surface area contributed by atoms with Crippen LogP contribution in [-0.4, -0.2) is 28.9 Å². The number of ether oxygens (including phenoxy) is 1. The molecule has 2 bridgehead atoms. The highest BCUT2D eigenvalue weighted by molar-refractivity contribution is 5.86. The molecular weight excluding hydrogens is 302 g/mol. The molecule has 0 aromatic heterocycles. The number of amides is 1. The minimum absolute atomic E-state index is 0.172. The van der Waals surface area contributed by atoms with Gasteiger partial charge < -0.3 is 9.64 Å². The van der Waals surface area contributed by atoms with Gasteiger partial charge in [0.15, 0.2) is 0 Å². The summed E-state index contributed by atoms with van der Waals surface area (Å²) in [6.07, 6.45) is 6.80. The second-order valence-corrected chi connectivity index (χ2v) is 7.53. The van der Waals surface area contributed by atoms with Crippen LogP contribution in [0.2, 0.25) is 0 Å². The quantitative estimate of drug-likeness (QED) is 0.841. The van der Waals surface area contributed by atoms with Gasteiger partial charge in [0.1, 0.15) is 12.4 Å². The molecule has 2 saturated heterocycles. The van der Waals surface area contributed by atoms with E-state index in [2.05, 4.69) is 0 Å². The molecule has 1 saturated carbocycles. The summed E-state index contributed by atoms with van der Waals surface area (Å²) < 4.78 is 5.56. The summed E-state index contributed by atoms with van der Waals surface area (Å²) in [6.45, 7) is 0.319. The van der Waals surface area contributed by atoms with Crippen LogP contribution in [0.1, 0.15) is 50.5 Å². The summed E-state index contributed by atoms with van der Waals surface area (Å²) in [7, 11) is 0. The van der Waals surface area contributed by atoms with Gasteiger partial charge in [-0.15, -0.1) is 0 Å². The second-order valence-electron chi connectivity index (χ2n) is 7.53. The Labute approximate surface area is 143 Å². The average Bonchev–Trinajstić information content (AvgIpc) is 3.44. The average molecular weight is 327 g/mol. The molecule has 2 aliphatic heterocycles. The molecule has 0 N–H and O–H groups in total. The van der Waals surface area contributed by atoms with Crippen LogP contribution in [0.3, 0.4) is 0 Å². The fourth-order valence-electron chi connectivity index (χ4n) is 4.41. The zero-order valence-electron chi connectivity index (χ0n) is 14.0. The van der Waals surface area contributed by atoms with Crippen molar-refractivity contribution in [2.45, 2.75) is 63.6 Å². The van der Waals surface area contributed by atoms with Crippen LogP contribution in [0.4, 0.5) is 4.79 Å². The first-order valence-electron chi connectivity index (χ1n) is 9.25. The number of Topliss-reactive ketones (excluding diaryl/α,β-unsaturated/α-hetero) is 1. The standard InChI is InChI=1S/C20H25NO3/c22-19(15-9-10-15)16-11-17-7-4-8-18(12-16)21(17)20(23)24-13-14-5-2-1-3-6-14/h1-3,5-6,15-18H,4,7-13H2. The highest BCUT2D eigenvalue weighted by Gasteiger charge is 2.46. The van der Waals surface area contributed by atoms with E-state index < -0.39 is 0 Å². The number of hydrogen-bond donors (Lipinski definition) is 0. The number of hydrogen-bond acceptors (Lipinski definition) is 3. The lowest BCUT2D eigenvalue weighted by Gasteiger charge is -2.47. The highest BCUT2D eigenvalue weighted by atomic mass is 16.6. The molecule has 4 nitrogen and oxygen atoms in total. The van der Waals surface area contributed by atoms with Crippen molar-refractivity contribution in [2.75, 3.05) is 0 Å². The first-order valence-corrected chi connectivity index (χ1v) is 9.25. The van der Waals surface area contributed by atoms with Gasteiger partial charge in [-0.25, -0.2) is 4.79 Å². The van der Waals surface area contributed by atoms with Crippen molar-refractivity contribution >= 4 is 11.9 Å². The smallest absolute Gasteiger partial charge is 0.410 e. The molecule has 1 aliphatic carbocycles. The Morgan fingerprint density at radius 1 is 0.958 bits per heavy atom. The van der Waals surface area contributed by atoms with Crippen molar-refractivity contribution in [2.24, 2.45) is 11.8 Å². The van der Waals surface area contributed by atoms with E-state index in [1.165, 1.54) is 0 Å². The van der Waals surface area contributed by atoms with Gasteiger partial charge in [0.25, 0.3) is 0 Å². The largest absolute Gasteiger partial charge is 0.445 e. The van der Waals surface area contributed by atoms with Gasteiger partial charge in [-0.2, -0.15) is 0 Å². The minimum atomic E-state index is -0.203. The maximum absolute atomic E-state index is 12.6. The van der Waals surface area contributed by atoms with E-state index in [4.69, 9.17) is 4.74 Å². The van der Waals surface area contributed by atoms with Crippen molar-refractivity contribution in [3.63, 3.8) is 0 Å². The Kier molecular flexibility index (Phi) is 4.30. The first-order chi connectivity index (χ1) is 11.7. The molecule has 1 aromatic carbocycles. The zero-order chi connectivity index (χ0) is 16.5. The van der Waals surface area contributed by atoms with Gasteiger partial charge in [-0.3, -0.25) is 4.79 Å². The third-order valence-electron chi connectivity index (χ3n) is 5.77. The van der Waals surface area contributed by atoms with E-state index >= 15 is 0 Å². The maximum Gasteiger partial charge on any atom is 0.410 e. The fraction of sp³-hybridized carbons (Fsp3) is 0.600. The normalized spacial score (nSPS) is 29.2. The lowest BCUT2D eigenvalue weighted by molar-refractivity contribution is -0.127. The highest BCUT2D eigenvalue weighted by Crippen LogP contribution is 2.42. The minimum Gasteiger partial charge on any atom is -0.445 e. The van der Waals surface area contributed by atoms with Crippen molar-refractivity contribution in [1.82, 2.24) is 4.90 Å². The van der Waals surface area contributed by atoms with E-state index in [-0.39, 0.29) is 24.1 Å². The third-order valence-corrected chi connectivity index (χ3v) is 5.77. The molecular formula is C20H25NO3. The molecule has 3 fully saturated rings. The predicted molar refractivity (Wildman–Crippen MR) is 90.3 cm³/mol. The molecule has 1 amide bonds. The summed E-state index contributed by atoms with van der Waals surface area (Å²) in [6, 6.07) is 10.2. The van der Waals surface area contributed by atoms with Crippen molar-refractivity contribution < 1.29 is 14.3 Å². The summed E-state index contributed by atoms with van der Waals surface area (Å²) in [5.41, 5.74) is 1.01. The number of benzene rings is 1. The Morgan fingerprint density at radius 3 is 2.25 bits per heavy atom. The van der Waals surface area contributed by atoms with Gasteiger partial charge >= 0.3 is 6.09 Å². The lowest BCUT2D eigenvalue weighted by atomic mass is 9.76. The third kappa shape index (κ3) is 3.19. The monoisotopic (exact) mass is 327 g/mol. The predicted octanol–water partition coefficient (Wildman–Crippen LogP) is 3.94. The number of rotatable bonds is 4.